The van der Waals surface area contributed by atoms with Gasteiger partial charge in [0.1, 0.15) is 5.03 Å². The average molecular weight is 292 g/mol. The molecule has 0 spiro atoms. The molecule has 108 valence electrons. The van der Waals surface area contributed by atoms with Gasteiger partial charge in [0.25, 0.3) is 0 Å². The van der Waals surface area contributed by atoms with Crippen LogP contribution >= 0.6 is 11.8 Å². The van der Waals surface area contributed by atoms with Crippen molar-refractivity contribution in [2.24, 2.45) is 5.73 Å². The molecule has 1 aromatic heterocycles. The number of aromatic nitrogens is 1. The van der Waals surface area contributed by atoms with Crippen molar-refractivity contribution in [3.05, 3.63) is 17.8 Å². The van der Waals surface area contributed by atoms with Crippen LogP contribution in [0, 0.1) is 0 Å². The molecule has 0 aromatic carbocycles. The van der Waals surface area contributed by atoms with Crippen molar-refractivity contribution in [1.29, 1.82) is 0 Å². The Morgan fingerprint density at radius 1 is 1.35 bits per heavy atom. The van der Waals surface area contributed by atoms with Crippen LogP contribution in [0.15, 0.2) is 17.2 Å². The molecule has 0 saturated heterocycles. The molecule has 4 N–H and O–H groups in total. The zero-order chi connectivity index (χ0) is 13.9. The number of hydrogen-bond acceptors (Lipinski definition) is 6. The van der Waals surface area contributed by atoms with Gasteiger partial charge < -0.3 is 16.4 Å². The van der Waals surface area contributed by atoms with Crippen LogP contribution in [-0.2, 0) is 11.3 Å². The Morgan fingerprint density at radius 3 is 2.95 bits per heavy atom. The van der Waals surface area contributed by atoms with E-state index in [0.29, 0.717) is 18.6 Å². The Hall–Kier alpha value is -1.11. The molecule has 1 aliphatic heterocycles. The summed E-state index contributed by atoms with van der Waals surface area (Å²) in [6, 6.07) is 4.95. The second-order valence-electron chi connectivity index (χ2n) is 5.48. The van der Waals surface area contributed by atoms with E-state index in [1.54, 1.807) is 0 Å². The zero-order valence-corrected chi connectivity index (χ0v) is 12.2. The van der Waals surface area contributed by atoms with E-state index in [-0.39, 0.29) is 5.12 Å². The first-order valence-electron chi connectivity index (χ1n) is 7.14. The SMILES string of the molecule is NC1CCC(NCc2ccc3c(n2)SC(=O)CN3)CC1. The van der Waals surface area contributed by atoms with Crippen molar-refractivity contribution in [1.82, 2.24) is 10.3 Å². The third kappa shape index (κ3) is 3.31. The molecule has 0 radical (unpaired) electrons. The van der Waals surface area contributed by atoms with Crippen LogP contribution in [0.3, 0.4) is 0 Å². The summed E-state index contributed by atoms with van der Waals surface area (Å²) in [7, 11) is 0. The Morgan fingerprint density at radius 2 is 2.15 bits per heavy atom. The van der Waals surface area contributed by atoms with Crippen molar-refractivity contribution in [2.75, 3.05) is 11.9 Å². The lowest BCUT2D eigenvalue weighted by Crippen LogP contribution is -2.37. The Kier molecular flexibility index (Phi) is 4.24. The molecule has 1 saturated carbocycles. The van der Waals surface area contributed by atoms with E-state index in [0.717, 1.165) is 48.6 Å². The normalized spacial score (nSPS) is 25.9. The molecule has 20 heavy (non-hydrogen) atoms. The van der Waals surface area contributed by atoms with Gasteiger partial charge in [-0.15, -0.1) is 0 Å². The fourth-order valence-electron chi connectivity index (χ4n) is 2.67. The predicted molar refractivity (Wildman–Crippen MR) is 80.7 cm³/mol. The number of hydrogen-bond donors (Lipinski definition) is 3. The fourth-order valence-corrected chi connectivity index (χ4v) is 3.45. The molecule has 3 rings (SSSR count). The van der Waals surface area contributed by atoms with E-state index in [1.165, 1.54) is 11.8 Å². The van der Waals surface area contributed by atoms with Gasteiger partial charge in [0.2, 0.25) is 5.12 Å². The van der Waals surface area contributed by atoms with Crippen molar-refractivity contribution in [3.63, 3.8) is 0 Å². The van der Waals surface area contributed by atoms with Gasteiger partial charge in [-0.25, -0.2) is 4.98 Å². The lowest BCUT2D eigenvalue weighted by Gasteiger charge is -2.27. The molecular weight excluding hydrogens is 272 g/mol. The summed E-state index contributed by atoms with van der Waals surface area (Å²) in [6.45, 7) is 1.14. The summed E-state index contributed by atoms with van der Waals surface area (Å²) in [5, 5.41) is 7.55. The Bertz CT molecular complexity index is 500. The van der Waals surface area contributed by atoms with Gasteiger partial charge in [-0.1, -0.05) is 0 Å². The van der Waals surface area contributed by atoms with E-state index in [4.69, 9.17) is 5.73 Å². The number of nitrogens with one attached hydrogen (secondary N) is 2. The van der Waals surface area contributed by atoms with Crippen molar-refractivity contribution < 1.29 is 4.79 Å². The van der Waals surface area contributed by atoms with Crippen molar-refractivity contribution in [2.45, 2.75) is 49.3 Å². The van der Waals surface area contributed by atoms with E-state index >= 15 is 0 Å². The first-order chi connectivity index (χ1) is 9.70. The minimum atomic E-state index is 0.122. The summed E-state index contributed by atoms with van der Waals surface area (Å²) in [4.78, 5) is 16.0. The predicted octanol–water partition coefficient (Wildman–Crippen LogP) is 1.49. The highest BCUT2D eigenvalue weighted by atomic mass is 32.2. The first kappa shape index (κ1) is 13.9. The summed E-state index contributed by atoms with van der Waals surface area (Å²) >= 11 is 1.23. The van der Waals surface area contributed by atoms with Crippen LogP contribution in [0.5, 0.6) is 0 Å². The number of pyridine rings is 1. The third-order valence-electron chi connectivity index (χ3n) is 3.90. The number of carbonyl (C=O) groups excluding carboxylic acids is 1. The van der Waals surface area contributed by atoms with Gasteiger partial charge in [-0.3, -0.25) is 4.79 Å². The highest BCUT2D eigenvalue weighted by Crippen LogP contribution is 2.29. The quantitative estimate of drug-likeness (QED) is 0.783. The average Bonchev–Trinajstić information content (AvgIpc) is 2.46. The number of fused-ring (bicyclic) bond motifs is 1. The first-order valence-corrected chi connectivity index (χ1v) is 7.96. The Balaban J connectivity index is 1.58. The van der Waals surface area contributed by atoms with Crippen molar-refractivity contribution in [3.8, 4) is 0 Å². The monoisotopic (exact) mass is 292 g/mol. The fraction of sp³-hybridized carbons (Fsp3) is 0.571. The maximum Gasteiger partial charge on any atom is 0.214 e. The van der Waals surface area contributed by atoms with Crippen LogP contribution in [-0.4, -0.2) is 28.7 Å². The molecule has 6 heteroatoms. The number of carbonyl (C=O) groups is 1. The highest BCUT2D eigenvalue weighted by molar-refractivity contribution is 8.13. The number of nitrogens with zero attached hydrogens (tertiary/aromatic N) is 1. The largest absolute Gasteiger partial charge is 0.375 e. The minimum Gasteiger partial charge on any atom is -0.375 e. The highest BCUT2D eigenvalue weighted by Gasteiger charge is 2.19. The zero-order valence-electron chi connectivity index (χ0n) is 11.4. The summed E-state index contributed by atoms with van der Waals surface area (Å²) in [5.74, 6) is 0. The maximum absolute atomic E-state index is 11.4. The molecule has 2 heterocycles. The standard InChI is InChI=1S/C14H20N4OS/c15-9-1-3-10(4-2-9)16-7-11-5-6-12-14(18-11)20-13(19)8-17-12/h5-6,9-10,16-17H,1-4,7-8,15H2. The topological polar surface area (TPSA) is 80.0 Å². The van der Waals surface area contributed by atoms with Crippen LogP contribution in [0.2, 0.25) is 0 Å². The van der Waals surface area contributed by atoms with Gasteiger partial charge in [0, 0.05) is 18.6 Å². The molecule has 2 aliphatic rings. The molecular formula is C14H20N4OS. The number of anilines is 1. The minimum absolute atomic E-state index is 0.122. The maximum atomic E-state index is 11.4. The van der Waals surface area contributed by atoms with Crippen LogP contribution in [0.1, 0.15) is 31.4 Å². The molecule has 0 bridgehead atoms. The van der Waals surface area contributed by atoms with Crippen molar-refractivity contribution >= 4 is 22.6 Å². The molecule has 1 aliphatic carbocycles. The number of thioether (sulfide) groups is 1. The van der Waals surface area contributed by atoms with E-state index < -0.39 is 0 Å². The molecule has 1 fully saturated rings. The molecule has 0 unspecified atom stereocenters. The smallest absolute Gasteiger partial charge is 0.214 e. The molecule has 5 nitrogen and oxygen atoms in total. The van der Waals surface area contributed by atoms with E-state index in [1.807, 2.05) is 12.1 Å². The summed E-state index contributed by atoms with van der Waals surface area (Å²) in [5.41, 5.74) is 7.86. The van der Waals surface area contributed by atoms with Gasteiger partial charge in [-0.05, 0) is 49.6 Å². The molecule has 0 atom stereocenters. The lowest BCUT2D eigenvalue weighted by molar-refractivity contribution is -0.109. The number of rotatable bonds is 3. The van der Waals surface area contributed by atoms with Gasteiger partial charge in [0.05, 0.1) is 17.9 Å². The van der Waals surface area contributed by atoms with Crippen LogP contribution < -0.4 is 16.4 Å². The van der Waals surface area contributed by atoms with Gasteiger partial charge >= 0.3 is 0 Å². The van der Waals surface area contributed by atoms with Crippen LogP contribution in [0.4, 0.5) is 5.69 Å². The van der Waals surface area contributed by atoms with E-state index in [2.05, 4.69) is 15.6 Å². The van der Waals surface area contributed by atoms with Crippen LogP contribution in [0.25, 0.3) is 0 Å². The second-order valence-corrected chi connectivity index (χ2v) is 6.52. The third-order valence-corrected chi connectivity index (χ3v) is 4.77. The van der Waals surface area contributed by atoms with Gasteiger partial charge in [-0.2, -0.15) is 0 Å². The van der Waals surface area contributed by atoms with E-state index in [9.17, 15) is 4.79 Å². The second kappa shape index (κ2) is 6.11. The lowest BCUT2D eigenvalue weighted by atomic mass is 9.92. The molecule has 1 aromatic rings. The summed E-state index contributed by atoms with van der Waals surface area (Å²) in [6.07, 6.45) is 4.48. The molecule has 0 amide bonds. The number of nitrogens with two attached hydrogens (primary N) is 1. The summed E-state index contributed by atoms with van der Waals surface area (Å²) < 4.78 is 0. The van der Waals surface area contributed by atoms with Gasteiger partial charge in [0.15, 0.2) is 0 Å². The Labute approximate surface area is 123 Å².